The van der Waals surface area contributed by atoms with Crippen molar-refractivity contribution in [1.29, 1.82) is 0 Å². The predicted octanol–water partition coefficient (Wildman–Crippen LogP) is -6.65. The Morgan fingerprint density at radius 3 is 2.03 bits per heavy atom. The molecular formula is C17H34N4O10. The Hall–Kier alpha value is -0.560. The van der Waals surface area contributed by atoms with E-state index in [1.54, 1.807) is 0 Å². The van der Waals surface area contributed by atoms with Crippen LogP contribution in [0.5, 0.6) is 0 Å². The van der Waals surface area contributed by atoms with Crippen LogP contribution in [0.1, 0.15) is 6.42 Å². The van der Waals surface area contributed by atoms with Gasteiger partial charge in [-0.25, -0.2) is 0 Å². The highest BCUT2D eigenvalue weighted by Crippen LogP contribution is 2.30. The van der Waals surface area contributed by atoms with Gasteiger partial charge in [-0.15, -0.1) is 0 Å². The molecule has 0 spiro atoms. The third kappa shape index (κ3) is 5.02. The smallest absolute Gasteiger partial charge is 0.186 e. The Labute approximate surface area is 178 Å². The third-order valence-electron chi connectivity index (χ3n) is 6.08. The Balaban J connectivity index is 1.77. The fourth-order valence-corrected chi connectivity index (χ4v) is 4.08. The maximum Gasteiger partial charge on any atom is 0.186 e. The van der Waals surface area contributed by atoms with E-state index in [9.17, 15) is 30.6 Å². The van der Waals surface area contributed by atoms with Crippen molar-refractivity contribution >= 4 is 0 Å². The second-order valence-electron chi connectivity index (χ2n) is 8.34. The van der Waals surface area contributed by atoms with Crippen LogP contribution in [0.25, 0.3) is 0 Å². The van der Waals surface area contributed by atoms with Crippen LogP contribution in [-0.4, -0.2) is 129 Å². The molecule has 0 aromatic heterocycles. The van der Waals surface area contributed by atoms with Crippen LogP contribution >= 0.6 is 0 Å². The molecule has 14 N–H and O–H groups in total. The summed E-state index contributed by atoms with van der Waals surface area (Å²) < 4.78 is 22.4. The van der Waals surface area contributed by atoms with Gasteiger partial charge in [0.05, 0.1) is 18.8 Å². The van der Waals surface area contributed by atoms with Crippen molar-refractivity contribution < 1.29 is 49.6 Å². The van der Waals surface area contributed by atoms with Crippen molar-refractivity contribution in [2.75, 3.05) is 13.2 Å². The highest BCUT2D eigenvalue weighted by molar-refractivity contribution is 5.01. The van der Waals surface area contributed by atoms with E-state index in [-0.39, 0.29) is 19.6 Å². The number of aliphatic hydroxyl groups is 6. The Kier molecular flexibility index (Phi) is 8.21. The molecule has 14 heteroatoms. The van der Waals surface area contributed by atoms with Gasteiger partial charge in [0.2, 0.25) is 0 Å². The lowest BCUT2D eigenvalue weighted by Crippen LogP contribution is -2.68. The lowest BCUT2D eigenvalue weighted by atomic mass is 9.84. The zero-order valence-corrected chi connectivity index (χ0v) is 16.8. The van der Waals surface area contributed by atoms with Crippen LogP contribution < -0.4 is 22.9 Å². The summed E-state index contributed by atoms with van der Waals surface area (Å²) in [6.45, 7) is -0.425. The van der Waals surface area contributed by atoms with E-state index in [0.717, 1.165) is 0 Å². The minimum absolute atomic E-state index is 0.114. The van der Waals surface area contributed by atoms with Crippen molar-refractivity contribution in [3.63, 3.8) is 0 Å². The molecule has 31 heavy (non-hydrogen) atoms. The van der Waals surface area contributed by atoms with Crippen LogP contribution in [0, 0.1) is 0 Å². The van der Waals surface area contributed by atoms with Crippen molar-refractivity contribution in [2.45, 2.75) is 92.1 Å². The number of hydrogen-bond acceptors (Lipinski definition) is 14. The van der Waals surface area contributed by atoms with E-state index in [4.69, 9.17) is 41.9 Å². The highest BCUT2D eigenvalue weighted by atomic mass is 16.7. The van der Waals surface area contributed by atoms with E-state index < -0.39 is 85.6 Å². The lowest BCUT2D eigenvalue weighted by molar-refractivity contribution is -0.327. The molecule has 2 heterocycles. The van der Waals surface area contributed by atoms with Crippen LogP contribution in [0.2, 0.25) is 0 Å². The zero-order chi connectivity index (χ0) is 23.0. The minimum atomic E-state index is -1.61. The Morgan fingerprint density at radius 2 is 1.39 bits per heavy atom. The second kappa shape index (κ2) is 10.1. The second-order valence-corrected chi connectivity index (χ2v) is 8.34. The molecule has 14 atom stereocenters. The van der Waals surface area contributed by atoms with E-state index in [2.05, 4.69) is 0 Å². The first-order valence-electron chi connectivity index (χ1n) is 10.2. The summed E-state index contributed by atoms with van der Waals surface area (Å²) in [6.07, 6.45) is -14.2. The standard InChI is InChI=1S/C17H34N4O10/c18-2-7-11(25)12(26)8(21)16(29-7)30-14-5(20)1-4(19)9(23)15(14)31-17-13(27)10(24)6(22)3-28-17/h4-17,22-27H,1-3,18-21H2/t4-,5+,6-,7-,8-,9+,10-,11-,12-,13-,14-,15-,16-,17+/m1/s1. The normalized spacial score (nSPS) is 54.0. The summed E-state index contributed by atoms with van der Waals surface area (Å²) in [5.74, 6) is 0. The molecule has 1 saturated carbocycles. The van der Waals surface area contributed by atoms with Gasteiger partial charge in [-0.2, -0.15) is 0 Å². The van der Waals surface area contributed by atoms with E-state index >= 15 is 0 Å². The summed E-state index contributed by atoms with van der Waals surface area (Å²) in [7, 11) is 0. The number of nitrogens with two attached hydrogens (primary N) is 4. The molecule has 0 aromatic rings. The van der Waals surface area contributed by atoms with E-state index in [0.29, 0.717) is 0 Å². The molecule has 0 bridgehead atoms. The van der Waals surface area contributed by atoms with Gasteiger partial charge in [0, 0.05) is 18.6 Å². The average Bonchev–Trinajstić information content (AvgIpc) is 2.74. The zero-order valence-electron chi connectivity index (χ0n) is 16.8. The highest BCUT2D eigenvalue weighted by Gasteiger charge is 2.50. The molecule has 14 nitrogen and oxygen atoms in total. The molecule has 2 saturated heterocycles. The van der Waals surface area contributed by atoms with Gasteiger partial charge >= 0.3 is 0 Å². The first-order chi connectivity index (χ1) is 14.6. The van der Waals surface area contributed by atoms with Gasteiger partial charge in [-0.3, -0.25) is 0 Å². The topological polar surface area (TPSA) is 262 Å². The van der Waals surface area contributed by atoms with Crippen molar-refractivity contribution in [3.8, 4) is 0 Å². The van der Waals surface area contributed by atoms with Crippen molar-refractivity contribution in [2.24, 2.45) is 22.9 Å². The largest absolute Gasteiger partial charge is 0.389 e. The summed E-state index contributed by atoms with van der Waals surface area (Å²) in [6, 6.07) is -2.72. The summed E-state index contributed by atoms with van der Waals surface area (Å²) in [5, 5.41) is 60.5. The molecule has 3 aliphatic rings. The number of hydrogen-bond donors (Lipinski definition) is 10. The van der Waals surface area contributed by atoms with Gasteiger partial charge in [0.25, 0.3) is 0 Å². The monoisotopic (exact) mass is 454 g/mol. The van der Waals surface area contributed by atoms with Crippen LogP contribution in [0.3, 0.4) is 0 Å². The van der Waals surface area contributed by atoms with Crippen LogP contribution in [0.4, 0.5) is 0 Å². The van der Waals surface area contributed by atoms with Gasteiger partial charge in [-0.05, 0) is 6.42 Å². The first kappa shape index (κ1) is 25.1. The maximum absolute atomic E-state index is 10.6. The summed E-state index contributed by atoms with van der Waals surface area (Å²) >= 11 is 0. The van der Waals surface area contributed by atoms with Gasteiger partial charge < -0.3 is 72.5 Å². The predicted molar refractivity (Wildman–Crippen MR) is 102 cm³/mol. The molecule has 0 amide bonds. The Morgan fingerprint density at radius 1 is 0.742 bits per heavy atom. The van der Waals surface area contributed by atoms with Crippen LogP contribution in [0.15, 0.2) is 0 Å². The molecular weight excluding hydrogens is 420 g/mol. The third-order valence-corrected chi connectivity index (χ3v) is 6.08. The average molecular weight is 454 g/mol. The molecule has 0 radical (unpaired) electrons. The molecule has 0 aromatic carbocycles. The summed E-state index contributed by atoms with van der Waals surface area (Å²) in [4.78, 5) is 0. The SMILES string of the molecule is NC[C@H]1O[C@H](O[C@H]2[C@H](O[C@@H]3OC[C@@H](O)[C@@H](O)[C@H]3O)[C@@H](O)[C@H](N)C[C@@H]2N)[C@H](N)[C@@H](O)[C@@H]1O. The van der Waals surface area contributed by atoms with E-state index in [1.807, 2.05) is 0 Å². The fourth-order valence-electron chi connectivity index (χ4n) is 4.08. The Bertz CT molecular complexity index is 591. The molecule has 182 valence electrons. The number of rotatable bonds is 5. The van der Waals surface area contributed by atoms with Crippen molar-refractivity contribution in [1.82, 2.24) is 0 Å². The fraction of sp³-hybridized carbons (Fsp3) is 1.00. The van der Waals surface area contributed by atoms with Crippen LogP contribution in [-0.2, 0) is 18.9 Å². The van der Waals surface area contributed by atoms with Crippen molar-refractivity contribution in [3.05, 3.63) is 0 Å². The van der Waals surface area contributed by atoms with Gasteiger partial charge in [0.1, 0.15) is 48.8 Å². The van der Waals surface area contributed by atoms with Gasteiger partial charge in [-0.1, -0.05) is 0 Å². The maximum atomic E-state index is 10.6. The quantitative estimate of drug-likeness (QED) is 0.185. The molecule has 2 aliphatic heterocycles. The molecule has 3 rings (SSSR count). The lowest BCUT2D eigenvalue weighted by Gasteiger charge is -2.48. The summed E-state index contributed by atoms with van der Waals surface area (Å²) in [5.41, 5.74) is 23.6. The van der Waals surface area contributed by atoms with E-state index in [1.165, 1.54) is 0 Å². The number of ether oxygens (including phenoxy) is 4. The molecule has 3 fully saturated rings. The first-order valence-corrected chi connectivity index (χ1v) is 10.2. The van der Waals surface area contributed by atoms with Gasteiger partial charge in [0.15, 0.2) is 12.6 Å². The molecule has 0 unspecified atom stereocenters. The minimum Gasteiger partial charge on any atom is -0.389 e. The number of aliphatic hydroxyl groups excluding tert-OH is 6. The molecule has 1 aliphatic carbocycles.